The van der Waals surface area contributed by atoms with Crippen molar-refractivity contribution in [3.05, 3.63) is 31.7 Å². The minimum absolute atomic E-state index is 0.661. The molecule has 7 heteroatoms. The van der Waals surface area contributed by atoms with Crippen LogP contribution in [0.2, 0.25) is 0 Å². The lowest BCUT2D eigenvalue weighted by atomic mass is 10.6. The summed E-state index contributed by atoms with van der Waals surface area (Å²) in [6.07, 6.45) is 4.44. The molecule has 108 valence electrons. The van der Waals surface area contributed by atoms with Crippen LogP contribution in [0.1, 0.15) is 0 Å². The molecule has 0 spiro atoms. The second-order valence-corrected chi connectivity index (χ2v) is 8.57. The third-order valence-corrected chi connectivity index (χ3v) is 7.86. The SMILES string of the molecule is COCCOCCn1cc2c(c1)SC(=C1SC=CS1)S2. The van der Waals surface area contributed by atoms with Crippen LogP contribution in [-0.4, -0.2) is 31.5 Å². The fourth-order valence-electron chi connectivity index (χ4n) is 1.77. The molecule has 1 aromatic rings. The van der Waals surface area contributed by atoms with Crippen LogP contribution < -0.4 is 0 Å². The van der Waals surface area contributed by atoms with Crippen LogP contribution in [0.15, 0.2) is 41.5 Å². The van der Waals surface area contributed by atoms with Gasteiger partial charge in [0.25, 0.3) is 0 Å². The van der Waals surface area contributed by atoms with Crippen molar-refractivity contribution in [2.24, 2.45) is 0 Å². The molecule has 0 saturated heterocycles. The molecule has 0 unspecified atom stereocenters. The largest absolute Gasteiger partial charge is 0.382 e. The first-order chi connectivity index (χ1) is 9.86. The predicted molar refractivity (Wildman–Crippen MR) is 90.2 cm³/mol. The first-order valence-electron chi connectivity index (χ1n) is 6.21. The maximum Gasteiger partial charge on any atom is 0.0707 e. The summed E-state index contributed by atoms with van der Waals surface area (Å²) in [5.74, 6) is 0. The fraction of sp³-hybridized carbons (Fsp3) is 0.385. The Kier molecular flexibility index (Phi) is 5.53. The number of hydrogen-bond donors (Lipinski definition) is 0. The van der Waals surface area contributed by atoms with Crippen molar-refractivity contribution in [3.63, 3.8) is 0 Å². The molecular weight excluding hydrogens is 330 g/mol. The van der Waals surface area contributed by atoms with Crippen molar-refractivity contribution >= 4 is 47.0 Å². The molecule has 0 saturated carbocycles. The third-order valence-electron chi connectivity index (χ3n) is 2.71. The van der Waals surface area contributed by atoms with Crippen molar-refractivity contribution in [1.29, 1.82) is 0 Å². The molecule has 3 rings (SSSR count). The molecule has 2 aliphatic heterocycles. The molecule has 0 aromatic carbocycles. The van der Waals surface area contributed by atoms with Crippen LogP contribution >= 0.6 is 47.0 Å². The van der Waals surface area contributed by atoms with Gasteiger partial charge in [-0.15, -0.1) is 0 Å². The number of rotatable bonds is 6. The van der Waals surface area contributed by atoms with Gasteiger partial charge in [0.1, 0.15) is 0 Å². The lowest BCUT2D eigenvalue weighted by Gasteiger charge is -2.05. The second-order valence-electron chi connectivity index (χ2n) is 4.12. The van der Waals surface area contributed by atoms with Crippen molar-refractivity contribution in [2.45, 2.75) is 16.3 Å². The molecule has 0 atom stereocenters. The summed E-state index contributed by atoms with van der Waals surface area (Å²) in [4.78, 5) is 2.73. The van der Waals surface area contributed by atoms with E-state index < -0.39 is 0 Å². The van der Waals surface area contributed by atoms with Crippen LogP contribution in [-0.2, 0) is 16.0 Å². The van der Waals surface area contributed by atoms with E-state index >= 15 is 0 Å². The van der Waals surface area contributed by atoms with Gasteiger partial charge >= 0.3 is 0 Å². The van der Waals surface area contributed by atoms with E-state index in [0.717, 1.165) is 13.2 Å². The molecule has 0 fully saturated rings. The molecule has 3 heterocycles. The fourth-order valence-corrected chi connectivity index (χ4v) is 6.49. The van der Waals surface area contributed by atoms with Gasteiger partial charge in [0.05, 0.1) is 28.3 Å². The first kappa shape index (κ1) is 15.0. The van der Waals surface area contributed by atoms with E-state index in [1.807, 2.05) is 47.0 Å². The average Bonchev–Trinajstić information content (AvgIpc) is 3.13. The topological polar surface area (TPSA) is 23.4 Å². The van der Waals surface area contributed by atoms with E-state index in [1.54, 1.807) is 7.11 Å². The molecule has 0 amide bonds. The van der Waals surface area contributed by atoms with E-state index in [0.29, 0.717) is 13.2 Å². The highest BCUT2D eigenvalue weighted by Crippen LogP contribution is 2.57. The van der Waals surface area contributed by atoms with Crippen LogP contribution in [0.4, 0.5) is 0 Å². The van der Waals surface area contributed by atoms with E-state index in [9.17, 15) is 0 Å². The van der Waals surface area contributed by atoms with Gasteiger partial charge in [0, 0.05) is 35.8 Å². The maximum atomic E-state index is 5.50. The zero-order valence-electron chi connectivity index (χ0n) is 11.0. The van der Waals surface area contributed by atoms with Crippen molar-refractivity contribution in [3.8, 4) is 0 Å². The summed E-state index contributed by atoms with van der Waals surface area (Å²) in [6.45, 7) is 2.96. The Morgan fingerprint density at radius 3 is 2.30 bits per heavy atom. The molecule has 0 aliphatic carbocycles. The Morgan fingerprint density at radius 2 is 1.65 bits per heavy atom. The Labute approximate surface area is 135 Å². The molecule has 20 heavy (non-hydrogen) atoms. The molecule has 0 N–H and O–H groups in total. The van der Waals surface area contributed by atoms with Gasteiger partial charge in [0.15, 0.2) is 0 Å². The van der Waals surface area contributed by atoms with Crippen LogP contribution in [0.25, 0.3) is 0 Å². The molecule has 3 nitrogen and oxygen atoms in total. The summed E-state index contributed by atoms with van der Waals surface area (Å²) in [5.41, 5.74) is 0. The highest BCUT2D eigenvalue weighted by atomic mass is 32.2. The highest BCUT2D eigenvalue weighted by molar-refractivity contribution is 8.32. The summed E-state index contributed by atoms with van der Waals surface area (Å²) < 4.78 is 15.5. The molecule has 2 aliphatic rings. The Balaban J connectivity index is 1.51. The van der Waals surface area contributed by atoms with Crippen molar-refractivity contribution in [1.82, 2.24) is 4.57 Å². The van der Waals surface area contributed by atoms with Crippen molar-refractivity contribution < 1.29 is 9.47 Å². The van der Waals surface area contributed by atoms with E-state index in [1.165, 1.54) is 18.3 Å². The van der Waals surface area contributed by atoms with Crippen LogP contribution in [0.5, 0.6) is 0 Å². The Morgan fingerprint density at radius 1 is 0.950 bits per heavy atom. The molecule has 0 bridgehead atoms. The average molecular weight is 346 g/mol. The predicted octanol–water partition coefficient (Wildman–Crippen LogP) is 4.43. The molecule has 0 radical (unpaired) electrons. The minimum Gasteiger partial charge on any atom is -0.382 e. The Bertz CT molecular complexity index is 503. The summed E-state index contributed by atoms with van der Waals surface area (Å²) >= 11 is 7.40. The monoisotopic (exact) mass is 345 g/mol. The summed E-state index contributed by atoms with van der Waals surface area (Å²) in [6, 6.07) is 0. The normalized spacial score (nSPS) is 17.2. The van der Waals surface area contributed by atoms with Gasteiger partial charge in [-0.2, -0.15) is 0 Å². The lowest BCUT2D eigenvalue weighted by Crippen LogP contribution is -2.08. The number of aromatic nitrogens is 1. The number of fused-ring (bicyclic) bond motifs is 1. The smallest absolute Gasteiger partial charge is 0.0707 e. The van der Waals surface area contributed by atoms with Gasteiger partial charge in [-0.3, -0.25) is 0 Å². The maximum absolute atomic E-state index is 5.50. The second kappa shape index (κ2) is 7.38. The minimum atomic E-state index is 0.661. The highest BCUT2D eigenvalue weighted by Gasteiger charge is 2.24. The van der Waals surface area contributed by atoms with E-state index in [-0.39, 0.29) is 0 Å². The van der Waals surface area contributed by atoms with Gasteiger partial charge < -0.3 is 14.0 Å². The first-order valence-corrected chi connectivity index (χ1v) is 9.61. The molecular formula is C13H15NO2S4. The lowest BCUT2D eigenvalue weighted by molar-refractivity contribution is 0.0666. The van der Waals surface area contributed by atoms with Crippen LogP contribution in [0.3, 0.4) is 0 Å². The standard InChI is InChI=1S/C13H15NO2S4/c1-15-4-5-16-3-2-14-8-10-11(9-14)20-13(19-10)12-17-6-7-18-12/h6-9H,2-5H2,1H3. The summed E-state index contributed by atoms with van der Waals surface area (Å²) in [7, 11) is 1.69. The zero-order chi connectivity index (χ0) is 13.8. The van der Waals surface area contributed by atoms with Crippen LogP contribution in [0, 0.1) is 0 Å². The van der Waals surface area contributed by atoms with E-state index in [2.05, 4.69) is 27.8 Å². The van der Waals surface area contributed by atoms with Gasteiger partial charge in [-0.05, 0) is 10.8 Å². The Hall–Kier alpha value is 0.0800. The number of nitrogens with zero attached hydrogens (tertiary/aromatic N) is 1. The van der Waals surface area contributed by atoms with E-state index in [4.69, 9.17) is 9.47 Å². The van der Waals surface area contributed by atoms with Gasteiger partial charge in [-0.1, -0.05) is 47.0 Å². The summed E-state index contributed by atoms with van der Waals surface area (Å²) in [5, 5.41) is 4.29. The number of ether oxygens (including phenoxy) is 2. The van der Waals surface area contributed by atoms with Crippen molar-refractivity contribution in [2.75, 3.05) is 26.9 Å². The number of hydrogen-bond acceptors (Lipinski definition) is 6. The number of methoxy groups -OCH3 is 1. The van der Waals surface area contributed by atoms with Gasteiger partial charge in [0.2, 0.25) is 0 Å². The quantitative estimate of drug-likeness (QED) is 0.707. The van der Waals surface area contributed by atoms with Gasteiger partial charge in [-0.25, -0.2) is 0 Å². The zero-order valence-corrected chi connectivity index (χ0v) is 14.3. The molecule has 1 aromatic heterocycles. The third kappa shape index (κ3) is 3.64. The number of thioether (sulfide) groups is 4.